The van der Waals surface area contributed by atoms with Crippen LogP contribution in [0.2, 0.25) is 0 Å². The van der Waals surface area contributed by atoms with Crippen LogP contribution >= 0.6 is 0 Å². The van der Waals surface area contributed by atoms with Crippen molar-refractivity contribution in [3.8, 4) is 11.5 Å². The number of fused-ring (bicyclic) bond motifs is 2. The molecule has 4 nitrogen and oxygen atoms in total. The van der Waals surface area contributed by atoms with E-state index in [1.165, 1.54) is 24.0 Å². The Hall–Kier alpha value is -2.49. The maximum absolute atomic E-state index is 12.6. The first-order chi connectivity index (χ1) is 12.2. The standard InChI is InChI=1S/C21H23NO3/c1-14(16-8-9-19-20(13-16)25-11-10-24-19)22-21(23)18-7-6-15-4-2-3-5-17(15)12-18/h6-9,12-14H,2-5,10-11H2,1H3,(H,22,23). The number of benzene rings is 2. The van der Waals surface area contributed by atoms with E-state index >= 15 is 0 Å². The minimum absolute atomic E-state index is 0.0317. The van der Waals surface area contributed by atoms with Gasteiger partial charge in [0.05, 0.1) is 6.04 Å². The summed E-state index contributed by atoms with van der Waals surface area (Å²) in [7, 11) is 0. The molecule has 130 valence electrons. The maximum atomic E-state index is 12.6. The Labute approximate surface area is 148 Å². The van der Waals surface area contributed by atoms with E-state index < -0.39 is 0 Å². The fraction of sp³-hybridized carbons (Fsp3) is 0.381. The summed E-state index contributed by atoms with van der Waals surface area (Å²) in [5.74, 6) is 1.48. The van der Waals surface area contributed by atoms with Gasteiger partial charge < -0.3 is 14.8 Å². The van der Waals surface area contributed by atoms with Crippen LogP contribution in [0.25, 0.3) is 0 Å². The molecule has 0 saturated carbocycles. The second-order valence-corrected chi connectivity index (χ2v) is 6.79. The maximum Gasteiger partial charge on any atom is 0.251 e. The molecule has 25 heavy (non-hydrogen) atoms. The number of hydrogen-bond donors (Lipinski definition) is 1. The van der Waals surface area contributed by atoms with Crippen molar-refractivity contribution in [2.75, 3.05) is 13.2 Å². The van der Waals surface area contributed by atoms with E-state index in [1.807, 2.05) is 31.2 Å². The highest BCUT2D eigenvalue weighted by Crippen LogP contribution is 2.32. The highest BCUT2D eigenvalue weighted by Gasteiger charge is 2.17. The molecule has 0 bridgehead atoms. The van der Waals surface area contributed by atoms with Crippen molar-refractivity contribution in [1.82, 2.24) is 5.32 Å². The molecule has 1 aliphatic heterocycles. The highest BCUT2D eigenvalue weighted by atomic mass is 16.6. The molecule has 4 rings (SSSR count). The predicted octanol–water partition coefficient (Wildman–Crippen LogP) is 3.83. The van der Waals surface area contributed by atoms with E-state index in [-0.39, 0.29) is 11.9 Å². The topological polar surface area (TPSA) is 47.6 Å². The van der Waals surface area contributed by atoms with Crippen molar-refractivity contribution in [3.05, 3.63) is 58.7 Å². The number of nitrogens with one attached hydrogen (secondary N) is 1. The van der Waals surface area contributed by atoms with Gasteiger partial charge in [0.2, 0.25) is 0 Å². The molecular weight excluding hydrogens is 314 g/mol. The number of rotatable bonds is 3. The fourth-order valence-electron chi connectivity index (χ4n) is 3.57. The summed E-state index contributed by atoms with van der Waals surface area (Å²) in [6, 6.07) is 11.8. The Morgan fingerprint density at radius 1 is 0.960 bits per heavy atom. The normalized spacial score (nSPS) is 16.7. The Morgan fingerprint density at radius 2 is 1.72 bits per heavy atom. The lowest BCUT2D eigenvalue weighted by Crippen LogP contribution is -2.27. The third-order valence-corrected chi connectivity index (χ3v) is 5.02. The number of ether oxygens (including phenoxy) is 2. The molecule has 0 aromatic heterocycles. The van der Waals surface area contributed by atoms with Crippen molar-refractivity contribution in [3.63, 3.8) is 0 Å². The Kier molecular flexibility index (Phi) is 4.35. The molecule has 0 fully saturated rings. The van der Waals surface area contributed by atoms with Crippen LogP contribution in [0.5, 0.6) is 11.5 Å². The van der Waals surface area contributed by atoms with Gasteiger partial charge >= 0.3 is 0 Å². The zero-order valence-electron chi connectivity index (χ0n) is 14.5. The summed E-state index contributed by atoms with van der Waals surface area (Å²) in [6.07, 6.45) is 4.67. The summed E-state index contributed by atoms with van der Waals surface area (Å²) >= 11 is 0. The monoisotopic (exact) mass is 337 g/mol. The first kappa shape index (κ1) is 16.0. The number of amides is 1. The van der Waals surface area contributed by atoms with Gasteiger partial charge in [0.25, 0.3) is 5.91 Å². The molecule has 2 aromatic rings. The van der Waals surface area contributed by atoms with Crippen molar-refractivity contribution in [2.45, 2.75) is 38.6 Å². The Bertz CT molecular complexity index is 800. The lowest BCUT2D eigenvalue weighted by atomic mass is 9.90. The fourth-order valence-corrected chi connectivity index (χ4v) is 3.57. The van der Waals surface area contributed by atoms with E-state index in [1.54, 1.807) is 0 Å². The number of aryl methyl sites for hydroxylation is 2. The largest absolute Gasteiger partial charge is 0.486 e. The molecule has 0 radical (unpaired) electrons. The minimum Gasteiger partial charge on any atom is -0.486 e. The molecule has 2 aromatic carbocycles. The molecule has 1 N–H and O–H groups in total. The van der Waals surface area contributed by atoms with Crippen LogP contribution in [0.15, 0.2) is 36.4 Å². The van der Waals surface area contributed by atoms with Crippen LogP contribution in [0.3, 0.4) is 0 Å². The first-order valence-electron chi connectivity index (χ1n) is 9.03. The second kappa shape index (κ2) is 6.79. The molecule has 0 saturated heterocycles. The highest BCUT2D eigenvalue weighted by molar-refractivity contribution is 5.94. The average molecular weight is 337 g/mol. The number of hydrogen-bond acceptors (Lipinski definition) is 3. The quantitative estimate of drug-likeness (QED) is 0.926. The van der Waals surface area contributed by atoms with Crippen LogP contribution in [-0.2, 0) is 12.8 Å². The Morgan fingerprint density at radius 3 is 2.56 bits per heavy atom. The van der Waals surface area contributed by atoms with Crippen molar-refractivity contribution < 1.29 is 14.3 Å². The number of carbonyl (C=O) groups excluding carboxylic acids is 1. The van der Waals surface area contributed by atoms with Gasteiger partial charge in [-0.25, -0.2) is 0 Å². The molecule has 0 spiro atoms. The summed E-state index contributed by atoms with van der Waals surface area (Å²) in [4.78, 5) is 12.6. The molecule has 2 aliphatic rings. The van der Waals surface area contributed by atoms with Gasteiger partial charge in [0.1, 0.15) is 13.2 Å². The van der Waals surface area contributed by atoms with Crippen LogP contribution in [0.4, 0.5) is 0 Å². The van der Waals surface area contributed by atoms with E-state index in [0.29, 0.717) is 13.2 Å². The van der Waals surface area contributed by atoms with Crippen molar-refractivity contribution in [2.24, 2.45) is 0 Å². The molecule has 4 heteroatoms. The van der Waals surface area contributed by atoms with Crippen molar-refractivity contribution in [1.29, 1.82) is 0 Å². The molecule has 1 aliphatic carbocycles. The lowest BCUT2D eigenvalue weighted by molar-refractivity contribution is 0.0939. The van der Waals surface area contributed by atoms with Gasteiger partial charge in [0.15, 0.2) is 11.5 Å². The van der Waals surface area contributed by atoms with Gasteiger partial charge in [-0.2, -0.15) is 0 Å². The second-order valence-electron chi connectivity index (χ2n) is 6.79. The SMILES string of the molecule is CC(NC(=O)c1ccc2c(c1)CCCC2)c1ccc2c(c1)OCCO2. The van der Waals surface area contributed by atoms with Gasteiger partial charge in [-0.3, -0.25) is 4.79 Å². The smallest absolute Gasteiger partial charge is 0.251 e. The van der Waals surface area contributed by atoms with Gasteiger partial charge in [-0.1, -0.05) is 12.1 Å². The number of carbonyl (C=O) groups is 1. The zero-order chi connectivity index (χ0) is 17.2. The van der Waals surface area contributed by atoms with Gasteiger partial charge in [-0.15, -0.1) is 0 Å². The molecule has 1 amide bonds. The third kappa shape index (κ3) is 3.34. The van der Waals surface area contributed by atoms with E-state index in [0.717, 1.165) is 35.5 Å². The molecule has 1 heterocycles. The van der Waals surface area contributed by atoms with Crippen LogP contribution < -0.4 is 14.8 Å². The summed E-state index contributed by atoms with van der Waals surface area (Å²) < 4.78 is 11.2. The van der Waals surface area contributed by atoms with Gasteiger partial charge in [-0.05, 0) is 73.6 Å². The van der Waals surface area contributed by atoms with E-state index in [4.69, 9.17) is 9.47 Å². The third-order valence-electron chi connectivity index (χ3n) is 5.02. The molecule has 1 atom stereocenters. The summed E-state index contributed by atoms with van der Waals surface area (Å²) in [5, 5.41) is 3.09. The van der Waals surface area contributed by atoms with Crippen LogP contribution in [-0.4, -0.2) is 19.1 Å². The van der Waals surface area contributed by atoms with Crippen LogP contribution in [0, 0.1) is 0 Å². The first-order valence-corrected chi connectivity index (χ1v) is 9.03. The van der Waals surface area contributed by atoms with E-state index in [9.17, 15) is 4.79 Å². The minimum atomic E-state index is -0.0978. The van der Waals surface area contributed by atoms with Gasteiger partial charge in [0, 0.05) is 5.56 Å². The predicted molar refractivity (Wildman–Crippen MR) is 96.4 cm³/mol. The van der Waals surface area contributed by atoms with Crippen molar-refractivity contribution >= 4 is 5.91 Å². The lowest BCUT2D eigenvalue weighted by Gasteiger charge is -2.21. The van der Waals surface area contributed by atoms with Crippen LogP contribution in [0.1, 0.15) is 52.9 Å². The Balaban J connectivity index is 1.48. The summed E-state index contributed by atoms with van der Waals surface area (Å²) in [5.41, 5.74) is 4.47. The van der Waals surface area contributed by atoms with E-state index in [2.05, 4.69) is 17.4 Å². The average Bonchev–Trinajstić information content (AvgIpc) is 2.67. The summed E-state index contributed by atoms with van der Waals surface area (Å²) in [6.45, 7) is 3.13. The molecule has 1 unspecified atom stereocenters. The zero-order valence-corrected chi connectivity index (χ0v) is 14.5. The molecular formula is C21H23NO3.